The van der Waals surface area contributed by atoms with E-state index in [0.29, 0.717) is 6.61 Å². The number of imidazole rings is 1. The molecule has 0 aliphatic carbocycles. The number of sulfonamides is 1. The van der Waals surface area contributed by atoms with Crippen LogP contribution in [-0.4, -0.2) is 35.9 Å². The molecule has 0 aliphatic rings. The van der Waals surface area contributed by atoms with E-state index in [2.05, 4.69) is 4.98 Å². The molecule has 8 heteroatoms. The topological polar surface area (TPSA) is 64.4 Å². The number of ether oxygens (including phenoxy) is 1. The van der Waals surface area contributed by atoms with Gasteiger partial charge in [0, 0.05) is 20.6 Å². The number of hydrogen-bond donors (Lipinski definition) is 0. The van der Waals surface area contributed by atoms with E-state index in [9.17, 15) is 8.42 Å². The Morgan fingerprint density at radius 2 is 1.95 bits per heavy atom. The van der Waals surface area contributed by atoms with Gasteiger partial charge in [-0.3, -0.25) is 0 Å². The minimum absolute atomic E-state index is 0.0959. The van der Waals surface area contributed by atoms with E-state index in [1.807, 2.05) is 31.2 Å². The molecular weight excluding hydrogens is 326 g/mol. The number of benzene rings is 1. The summed E-state index contributed by atoms with van der Waals surface area (Å²) in [6, 6.07) is 7.29. The fraction of sp³-hybridized carbons (Fsp3) is 0.357. The van der Waals surface area contributed by atoms with Gasteiger partial charge in [0.05, 0.1) is 12.9 Å². The molecule has 0 atom stereocenters. The summed E-state index contributed by atoms with van der Waals surface area (Å²) in [4.78, 5) is 3.87. The van der Waals surface area contributed by atoms with Crippen molar-refractivity contribution in [3.8, 4) is 5.75 Å². The van der Waals surface area contributed by atoms with Gasteiger partial charge in [0.15, 0.2) is 0 Å². The van der Waals surface area contributed by atoms with Gasteiger partial charge in [-0.2, -0.15) is 4.31 Å². The molecule has 0 bridgehead atoms. The summed E-state index contributed by atoms with van der Waals surface area (Å²) >= 11 is 5.97. The van der Waals surface area contributed by atoms with E-state index in [-0.39, 0.29) is 16.7 Å². The third-order valence-electron chi connectivity index (χ3n) is 3.13. The molecule has 1 aromatic heterocycles. The van der Waals surface area contributed by atoms with Crippen molar-refractivity contribution < 1.29 is 13.2 Å². The molecule has 0 spiro atoms. The van der Waals surface area contributed by atoms with E-state index < -0.39 is 10.0 Å². The first-order valence-corrected chi connectivity index (χ1v) is 8.53. The average molecular weight is 344 g/mol. The Kier molecular flexibility index (Phi) is 5.10. The van der Waals surface area contributed by atoms with Crippen LogP contribution < -0.4 is 4.74 Å². The fourth-order valence-electron chi connectivity index (χ4n) is 1.91. The zero-order chi connectivity index (χ0) is 16.3. The largest absolute Gasteiger partial charge is 0.494 e. The zero-order valence-corrected chi connectivity index (χ0v) is 14.2. The normalized spacial score (nSPS) is 11.9. The van der Waals surface area contributed by atoms with Crippen molar-refractivity contribution in [3.63, 3.8) is 0 Å². The van der Waals surface area contributed by atoms with Gasteiger partial charge in [-0.1, -0.05) is 23.7 Å². The highest BCUT2D eigenvalue weighted by atomic mass is 35.5. The van der Waals surface area contributed by atoms with Crippen LogP contribution in [-0.2, 0) is 23.6 Å². The smallest absolute Gasteiger partial charge is 0.263 e. The Morgan fingerprint density at radius 1 is 1.32 bits per heavy atom. The molecule has 0 saturated carbocycles. The maximum absolute atomic E-state index is 12.5. The van der Waals surface area contributed by atoms with Crippen LogP contribution in [0.1, 0.15) is 12.5 Å². The second-order valence-corrected chi connectivity index (χ2v) is 7.11. The van der Waals surface area contributed by atoms with E-state index in [4.69, 9.17) is 16.3 Å². The van der Waals surface area contributed by atoms with Crippen molar-refractivity contribution in [2.75, 3.05) is 13.7 Å². The molecule has 22 heavy (non-hydrogen) atoms. The zero-order valence-electron chi connectivity index (χ0n) is 12.7. The Labute approximate surface area is 135 Å². The van der Waals surface area contributed by atoms with Crippen molar-refractivity contribution in [2.45, 2.75) is 18.5 Å². The molecule has 2 aromatic rings. The van der Waals surface area contributed by atoms with Gasteiger partial charge < -0.3 is 9.30 Å². The first-order valence-electron chi connectivity index (χ1n) is 6.71. The molecule has 6 nitrogen and oxygen atoms in total. The van der Waals surface area contributed by atoms with Gasteiger partial charge in [0.2, 0.25) is 5.03 Å². The Balaban J connectivity index is 2.17. The standard InChI is InChI=1S/C14H18ClN3O3S/c1-4-21-12-7-5-11(6-8-12)9-18(3)22(19,20)14-13(15)17(2)10-16-14/h5-8,10H,4,9H2,1-3H3. The van der Waals surface area contributed by atoms with Crippen LogP contribution in [0.4, 0.5) is 0 Å². The summed E-state index contributed by atoms with van der Waals surface area (Å²) < 4.78 is 33.0. The lowest BCUT2D eigenvalue weighted by Crippen LogP contribution is -2.27. The van der Waals surface area contributed by atoms with Crippen molar-refractivity contribution in [1.29, 1.82) is 0 Å². The molecule has 0 saturated heterocycles. The monoisotopic (exact) mass is 343 g/mol. The molecule has 0 fully saturated rings. The first kappa shape index (κ1) is 16.8. The summed E-state index contributed by atoms with van der Waals surface area (Å²) in [5.41, 5.74) is 0.849. The van der Waals surface area contributed by atoms with Crippen LogP contribution in [0, 0.1) is 0 Å². The second kappa shape index (κ2) is 6.68. The van der Waals surface area contributed by atoms with Crippen LogP contribution in [0.2, 0.25) is 5.15 Å². The van der Waals surface area contributed by atoms with Gasteiger partial charge >= 0.3 is 0 Å². The lowest BCUT2D eigenvalue weighted by atomic mass is 10.2. The Morgan fingerprint density at radius 3 is 2.45 bits per heavy atom. The van der Waals surface area contributed by atoms with Gasteiger partial charge in [0.1, 0.15) is 10.9 Å². The number of hydrogen-bond acceptors (Lipinski definition) is 4. The molecule has 0 aliphatic heterocycles. The summed E-state index contributed by atoms with van der Waals surface area (Å²) in [5.74, 6) is 0.754. The maximum Gasteiger partial charge on any atom is 0.263 e. The van der Waals surface area contributed by atoms with Crippen LogP contribution in [0.25, 0.3) is 0 Å². The van der Waals surface area contributed by atoms with Crippen LogP contribution >= 0.6 is 11.6 Å². The van der Waals surface area contributed by atoms with Gasteiger partial charge in [-0.15, -0.1) is 0 Å². The molecule has 1 aromatic carbocycles. The fourth-order valence-corrected chi connectivity index (χ4v) is 3.45. The number of rotatable bonds is 6. The van der Waals surface area contributed by atoms with Gasteiger partial charge in [-0.05, 0) is 24.6 Å². The number of aryl methyl sites for hydroxylation is 1. The Hall–Kier alpha value is -1.57. The van der Waals surface area contributed by atoms with Crippen molar-refractivity contribution in [3.05, 3.63) is 41.3 Å². The second-order valence-electron chi connectivity index (χ2n) is 4.79. The molecule has 2 rings (SSSR count). The molecular formula is C14H18ClN3O3S. The third-order valence-corrected chi connectivity index (χ3v) is 5.42. The highest BCUT2D eigenvalue weighted by molar-refractivity contribution is 7.89. The lowest BCUT2D eigenvalue weighted by Gasteiger charge is -2.16. The summed E-state index contributed by atoms with van der Waals surface area (Å²) in [7, 11) is -0.593. The molecule has 1 heterocycles. The number of aromatic nitrogens is 2. The lowest BCUT2D eigenvalue weighted by molar-refractivity contribution is 0.340. The molecule has 0 amide bonds. The quantitative estimate of drug-likeness (QED) is 0.807. The summed E-state index contributed by atoms with van der Waals surface area (Å²) in [6.07, 6.45) is 1.37. The first-order chi connectivity index (χ1) is 10.4. The minimum Gasteiger partial charge on any atom is -0.494 e. The van der Waals surface area contributed by atoms with Crippen molar-refractivity contribution >= 4 is 21.6 Å². The van der Waals surface area contributed by atoms with Crippen LogP contribution in [0.15, 0.2) is 35.6 Å². The van der Waals surface area contributed by atoms with Crippen LogP contribution in [0.5, 0.6) is 5.75 Å². The predicted molar refractivity (Wildman–Crippen MR) is 84.5 cm³/mol. The number of halogens is 1. The average Bonchev–Trinajstić information content (AvgIpc) is 2.82. The van der Waals surface area contributed by atoms with E-state index in [1.165, 1.54) is 22.2 Å². The summed E-state index contributed by atoms with van der Waals surface area (Å²) in [5, 5.41) is -0.0383. The molecule has 0 N–H and O–H groups in total. The molecule has 0 radical (unpaired) electrons. The molecule has 120 valence electrons. The molecule has 0 unspecified atom stereocenters. The van der Waals surface area contributed by atoms with Crippen molar-refractivity contribution in [1.82, 2.24) is 13.9 Å². The minimum atomic E-state index is -3.73. The summed E-state index contributed by atoms with van der Waals surface area (Å²) in [6.45, 7) is 2.72. The highest BCUT2D eigenvalue weighted by Crippen LogP contribution is 2.23. The third kappa shape index (κ3) is 3.43. The SMILES string of the molecule is CCOc1ccc(CN(C)S(=O)(=O)c2ncn(C)c2Cl)cc1. The van der Waals surface area contributed by atoms with Crippen LogP contribution in [0.3, 0.4) is 0 Å². The highest BCUT2D eigenvalue weighted by Gasteiger charge is 2.27. The maximum atomic E-state index is 12.5. The van der Waals surface area contributed by atoms with Crippen molar-refractivity contribution in [2.24, 2.45) is 7.05 Å². The van der Waals surface area contributed by atoms with E-state index in [0.717, 1.165) is 11.3 Å². The predicted octanol–water partition coefficient (Wildman–Crippen LogP) is 2.29. The van der Waals surface area contributed by atoms with Gasteiger partial charge in [-0.25, -0.2) is 13.4 Å². The Bertz CT molecular complexity index is 741. The van der Waals surface area contributed by atoms with Gasteiger partial charge in [0.25, 0.3) is 10.0 Å². The number of nitrogens with zero attached hydrogens (tertiary/aromatic N) is 3. The van der Waals surface area contributed by atoms with E-state index in [1.54, 1.807) is 7.05 Å². The van der Waals surface area contributed by atoms with E-state index >= 15 is 0 Å².